The van der Waals surface area contributed by atoms with Crippen LogP contribution in [0.25, 0.3) is 73.9 Å². The molecule has 2 nitrogen and oxygen atoms in total. The molecule has 3 aromatic heterocycles. The van der Waals surface area contributed by atoms with E-state index in [0.717, 1.165) is 21.4 Å². The second-order valence-electron chi connectivity index (χ2n) is 9.07. The summed E-state index contributed by atoms with van der Waals surface area (Å²) >= 11 is 3.57. The molecule has 0 aliphatic heterocycles. The smallest absolute Gasteiger partial charge is 0.143 e. The maximum Gasteiger partial charge on any atom is 0.143 e. The van der Waals surface area contributed by atoms with Crippen LogP contribution in [0, 0.1) is 0 Å². The van der Waals surface area contributed by atoms with Gasteiger partial charge < -0.3 is 0 Å². The largest absolute Gasteiger partial charge is 0.243 e. The molecule has 8 rings (SSSR count). The Morgan fingerprint density at radius 2 is 1.03 bits per heavy atom. The van der Waals surface area contributed by atoms with E-state index in [-0.39, 0.29) is 0 Å². The first kappa shape index (κ1) is 20.1. The van der Waals surface area contributed by atoms with Crippen LogP contribution in [0.1, 0.15) is 0 Å². The van der Waals surface area contributed by atoms with Gasteiger partial charge in [0.2, 0.25) is 0 Å². The quantitative estimate of drug-likeness (QED) is 0.239. The zero-order chi connectivity index (χ0) is 23.6. The van der Waals surface area contributed by atoms with E-state index in [2.05, 4.69) is 84.9 Å². The average Bonchev–Trinajstić information content (AvgIpc) is 3.48. The molecule has 0 unspecified atom stereocenters. The molecule has 0 fully saturated rings. The molecule has 0 aliphatic rings. The van der Waals surface area contributed by atoms with Crippen LogP contribution in [0.2, 0.25) is 0 Å². The van der Waals surface area contributed by atoms with Crippen LogP contribution in [-0.4, -0.2) is 9.97 Å². The van der Waals surface area contributed by atoms with E-state index in [1.54, 1.807) is 11.3 Å². The Balaban J connectivity index is 1.26. The summed E-state index contributed by atoms with van der Waals surface area (Å²) in [6.07, 6.45) is 0. The highest BCUT2D eigenvalue weighted by molar-refractivity contribution is 7.26. The lowest BCUT2D eigenvalue weighted by atomic mass is 9.97. The SMILES string of the molecule is c1cc(-c2ccc3sc4ccccc4c3c2)cc(-c2ccc3sc4nc5ccccc5nc4c3c2)c1. The third kappa shape index (κ3) is 3.08. The second kappa shape index (κ2) is 7.69. The van der Waals surface area contributed by atoms with E-state index in [1.165, 1.54) is 52.5 Å². The molecule has 5 aromatic carbocycles. The van der Waals surface area contributed by atoms with E-state index >= 15 is 0 Å². The number of fused-ring (bicyclic) bond motifs is 7. The number of rotatable bonds is 2. The van der Waals surface area contributed by atoms with Crippen LogP contribution in [0.3, 0.4) is 0 Å². The van der Waals surface area contributed by atoms with Gasteiger partial charge in [0.1, 0.15) is 10.3 Å². The standard InChI is InChI=1S/C32H18N2S2/c1-4-11-28-23(8-1)24-17-21(12-14-29(24)35-28)19-6-5-7-20(16-19)22-13-15-30-25(18-22)31-32(36-30)34-27-10-3-2-9-26(27)33-31/h1-18H. The number of nitrogens with zero attached hydrogens (tertiary/aromatic N) is 2. The van der Waals surface area contributed by atoms with E-state index in [1.807, 2.05) is 35.6 Å². The summed E-state index contributed by atoms with van der Waals surface area (Å²) < 4.78 is 3.89. The fraction of sp³-hybridized carbons (Fsp3) is 0. The summed E-state index contributed by atoms with van der Waals surface area (Å²) in [5, 5.41) is 3.83. The van der Waals surface area contributed by atoms with Crippen molar-refractivity contribution in [2.75, 3.05) is 0 Å². The average molecular weight is 495 g/mol. The molecule has 0 bridgehead atoms. The summed E-state index contributed by atoms with van der Waals surface area (Å²) in [5.41, 5.74) is 7.74. The van der Waals surface area contributed by atoms with Gasteiger partial charge in [0.15, 0.2) is 0 Å². The van der Waals surface area contributed by atoms with Crippen molar-refractivity contribution >= 4 is 74.3 Å². The van der Waals surface area contributed by atoms with Crippen molar-refractivity contribution in [3.8, 4) is 22.3 Å². The molecule has 8 aromatic rings. The lowest BCUT2D eigenvalue weighted by molar-refractivity contribution is 1.43. The van der Waals surface area contributed by atoms with Gasteiger partial charge in [-0.25, -0.2) is 9.97 Å². The lowest BCUT2D eigenvalue weighted by Crippen LogP contribution is -1.84. The molecule has 0 atom stereocenters. The van der Waals surface area contributed by atoms with Crippen molar-refractivity contribution in [3.63, 3.8) is 0 Å². The first-order valence-electron chi connectivity index (χ1n) is 11.9. The normalized spacial score (nSPS) is 11.9. The zero-order valence-electron chi connectivity index (χ0n) is 19.1. The van der Waals surface area contributed by atoms with Crippen LogP contribution in [-0.2, 0) is 0 Å². The molecular weight excluding hydrogens is 477 g/mol. The maximum absolute atomic E-state index is 4.96. The van der Waals surface area contributed by atoms with E-state index in [9.17, 15) is 0 Å². The molecule has 0 saturated carbocycles. The number of aromatic nitrogens is 2. The summed E-state index contributed by atoms with van der Waals surface area (Å²) in [6.45, 7) is 0. The molecule has 168 valence electrons. The lowest BCUT2D eigenvalue weighted by Gasteiger charge is -2.07. The van der Waals surface area contributed by atoms with Gasteiger partial charge in [-0.15, -0.1) is 22.7 Å². The van der Waals surface area contributed by atoms with Crippen LogP contribution < -0.4 is 0 Å². The van der Waals surface area contributed by atoms with Crippen molar-refractivity contribution in [1.82, 2.24) is 9.97 Å². The summed E-state index contributed by atoms with van der Waals surface area (Å²) in [6, 6.07) is 39.1. The van der Waals surface area contributed by atoms with Crippen LogP contribution in [0.15, 0.2) is 109 Å². The number of benzene rings is 5. The number of para-hydroxylation sites is 2. The maximum atomic E-state index is 4.96. The highest BCUT2D eigenvalue weighted by Gasteiger charge is 2.12. The van der Waals surface area contributed by atoms with Gasteiger partial charge in [0.25, 0.3) is 0 Å². The van der Waals surface area contributed by atoms with Crippen molar-refractivity contribution in [2.45, 2.75) is 0 Å². The molecule has 0 spiro atoms. The van der Waals surface area contributed by atoms with Crippen LogP contribution in [0.5, 0.6) is 0 Å². The molecule has 3 heterocycles. The molecule has 0 N–H and O–H groups in total. The minimum Gasteiger partial charge on any atom is -0.243 e. The fourth-order valence-corrected chi connectivity index (χ4v) is 7.19. The summed E-state index contributed by atoms with van der Waals surface area (Å²) in [4.78, 5) is 10.8. The third-order valence-corrected chi connectivity index (χ3v) is 9.09. The van der Waals surface area contributed by atoms with Crippen molar-refractivity contribution in [2.24, 2.45) is 0 Å². The predicted octanol–water partition coefficient (Wildman–Crippen LogP) is 9.70. The fourth-order valence-electron chi connectivity index (χ4n) is 5.10. The van der Waals surface area contributed by atoms with E-state index < -0.39 is 0 Å². The van der Waals surface area contributed by atoms with Crippen molar-refractivity contribution in [1.29, 1.82) is 0 Å². The highest BCUT2D eigenvalue weighted by Crippen LogP contribution is 2.38. The monoisotopic (exact) mass is 494 g/mol. The molecule has 4 heteroatoms. The Hall–Kier alpha value is -4.12. The molecular formula is C32H18N2S2. The summed E-state index contributed by atoms with van der Waals surface area (Å²) in [5.74, 6) is 0. The third-order valence-electron chi connectivity index (χ3n) is 6.89. The molecule has 0 aliphatic carbocycles. The van der Waals surface area contributed by atoms with Gasteiger partial charge in [0, 0.05) is 30.3 Å². The topological polar surface area (TPSA) is 25.8 Å². The van der Waals surface area contributed by atoms with E-state index in [0.29, 0.717) is 0 Å². The number of hydrogen-bond acceptors (Lipinski definition) is 4. The Bertz CT molecular complexity index is 2120. The number of thiophene rings is 2. The summed E-state index contributed by atoms with van der Waals surface area (Å²) in [7, 11) is 0. The van der Waals surface area contributed by atoms with Crippen molar-refractivity contribution < 1.29 is 0 Å². The van der Waals surface area contributed by atoms with Gasteiger partial charge in [-0.1, -0.05) is 60.7 Å². The minimum atomic E-state index is 0.938. The first-order valence-corrected chi connectivity index (χ1v) is 13.5. The first-order chi connectivity index (χ1) is 17.8. The predicted molar refractivity (Wildman–Crippen MR) is 156 cm³/mol. The molecule has 0 amide bonds. The van der Waals surface area contributed by atoms with Gasteiger partial charge in [-0.3, -0.25) is 0 Å². The van der Waals surface area contributed by atoms with Crippen LogP contribution >= 0.6 is 22.7 Å². The van der Waals surface area contributed by atoms with E-state index in [4.69, 9.17) is 9.97 Å². The Morgan fingerprint density at radius 3 is 1.83 bits per heavy atom. The van der Waals surface area contributed by atoms with Gasteiger partial charge in [-0.2, -0.15) is 0 Å². The minimum absolute atomic E-state index is 0.938. The Kier molecular flexibility index (Phi) is 4.30. The van der Waals surface area contributed by atoms with Gasteiger partial charge >= 0.3 is 0 Å². The Morgan fingerprint density at radius 1 is 0.417 bits per heavy atom. The Labute approximate surface area is 215 Å². The molecule has 0 saturated heterocycles. The van der Waals surface area contributed by atoms with Crippen LogP contribution in [0.4, 0.5) is 0 Å². The number of hydrogen-bond donors (Lipinski definition) is 0. The highest BCUT2D eigenvalue weighted by atomic mass is 32.1. The molecule has 36 heavy (non-hydrogen) atoms. The van der Waals surface area contributed by atoms with Gasteiger partial charge in [-0.05, 0) is 70.8 Å². The van der Waals surface area contributed by atoms with Gasteiger partial charge in [0.05, 0.1) is 11.0 Å². The zero-order valence-corrected chi connectivity index (χ0v) is 20.7. The molecule has 0 radical (unpaired) electrons. The second-order valence-corrected chi connectivity index (χ2v) is 11.2. The van der Waals surface area contributed by atoms with Crippen molar-refractivity contribution in [3.05, 3.63) is 109 Å².